The van der Waals surface area contributed by atoms with E-state index in [9.17, 15) is 20.0 Å². The van der Waals surface area contributed by atoms with Crippen molar-refractivity contribution in [2.24, 2.45) is 0 Å². The number of nitrogens with zero attached hydrogens (tertiary/aromatic N) is 3. The third-order valence-corrected chi connectivity index (χ3v) is 5.05. The number of non-ortho nitro benzene ring substituents is 1. The third kappa shape index (κ3) is 4.50. The lowest BCUT2D eigenvalue weighted by molar-refractivity contribution is -0.384. The van der Waals surface area contributed by atoms with Gasteiger partial charge in [-0.05, 0) is 19.1 Å². The molecule has 0 aliphatic rings. The summed E-state index contributed by atoms with van der Waals surface area (Å²) in [7, 11) is 0. The molecule has 0 aliphatic carbocycles. The Morgan fingerprint density at radius 2 is 1.78 bits per heavy atom. The Labute approximate surface area is 183 Å². The standard InChI is InChI=1S/C24H21N3O5/c1-16-9-11-17(12-10-16)23-21-7-2-3-8-22(21)24(29)26(25-23)14-19(28)15-32-20-6-4-5-18(13-20)27(30)31/h2-13,19,28H,14-15H2,1H3/t19-/m0/s1. The van der Waals surface area contributed by atoms with E-state index in [1.807, 2.05) is 43.3 Å². The van der Waals surface area contributed by atoms with Crippen molar-refractivity contribution in [2.45, 2.75) is 19.6 Å². The fourth-order valence-corrected chi connectivity index (χ4v) is 3.42. The summed E-state index contributed by atoms with van der Waals surface area (Å²) >= 11 is 0. The van der Waals surface area contributed by atoms with Gasteiger partial charge in [0.15, 0.2) is 0 Å². The predicted octanol–water partition coefficient (Wildman–Crippen LogP) is 3.72. The summed E-state index contributed by atoms with van der Waals surface area (Å²) in [6.07, 6.45) is -1.05. The summed E-state index contributed by atoms with van der Waals surface area (Å²) < 4.78 is 6.72. The molecule has 8 nitrogen and oxygen atoms in total. The lowest BCUT2D eigenvalue weighted by atomic mass is 10.0. The highest BCUT2D eigenvalue weighted by Gasteiger charge is 2.15. The fourth-order valence-electron chi connectivity index (χ4n) is 3.42. The first-order valence-corrected chi connectivity index (χ1v) is 10.0. The van der Waals surface area contributed by atoms with Crippen LogP contribution in [0.3, 0.4) is 0 Å². The Morgan fingerprint density at radius 1 is 1.06 bits per heavy atom. The number of hydrogen-bond donors (Lipinski definition) is 1. The maximum Gasteiger partial charge on any atom is 0.274 e. The van der Waals surface area contributed by atoms with Crippen molar-refractivity contribution in [3.63, 3.8) is 0 Å². The zero-order chi connectivity index (χ0) is 22.7. The van der Waals surface area contributed by atoms with Crippen LogP contribution in [0, 0.1) is 17.0 Å². The first-order chi connectivity index (χ1) is 15.4. The van der Waals surface area contributed by atoms with Gasteiger partial charge in [-0.3, -0.25) is 14.9 Å². The van der Waals surface area contributed by atoms with E-state index in [2.05, 4.69) is 5.10 Å². The fraction of sp³-hybridized carbons (Fsp3) is 0.167. The van der Waals surface area contributed by atoms with Gasteiger partial charge < -0.3 is 9.84 Å². The number of hydrogen-bond acceptors (Lipinski definition) is 6. The number of rotatable bonds is 7. The van der Waals surface area contributed by atoms with Crippen LogP contribution < -0.4 is 10.3 Å². The molecule has 0 spiro atoms. The van der Waals surface area contributed by atoms with Crippen molar-refractivity contribution < 1.29 is 14.8 Å². The minimum Gasteiger partial charge on any atom is -0.491 e. The van der Waals surface area contributed by atoms with Crippen LogP contribution in [-0.4, -0.2) is 32.5 Å². The van der Waals surface area contributed by atoms with Gasteiger partial charge in [0, 0.05) is 17.0 Å². The van der Waals surface area contributed by atoms with E-state index in [-0.39, 0.29) is 30.1 Å². The van der Waals surface area contributed by atoms with E-state index in [0.29, 0.717) is 11.1 Å². The van der Waals surface area contributed by atoms with Gasteiger partial charge in [0.2, 0.25) is 0 Å². The van der Waals surface area contributed by atoms with E-state index in [1.165, 1.54) is 22.9 Å². The predicted molar refractivity (Wildman–Crippen MR) is 121 cm³/mol. The summed E-state index contributed by atoms with van der Waals surface area (Å²) in [5, 5.41) is 27.1. The Morgan fingerprint density at radius 3 is 2.50 bits per heavy atom. The number of aliphatic hydroxyl groups excluding tert-OH is 1. The SMILES string of the molecule is Cc1ccc(-c2nn(C[C@H](O)COc3cccc([N+](=O)[O-])c3)c(=O)c3ccccc23)cc1. The van der Waals surface area contributed by atoms with E-state index in [4.69, 9.17) is 4.74 Å². The van der Waals surface area contributed by atoms with Gasteiger partial charge in [0.25, 0.3) is 11.2 Å². The molecule has 32 heavy (non-hydrogen) atoms. The van der Waals surface area contributed by atoms with Crippen LogP contribution >= 0.6 is 0 Å². The Hall–Kier alpha value is -4.04. The van der Waals surface area contributed by atoms with Gasteiger partial charge >= 0.3 is 0 Å². The highest BCUT2D eigenvalue weighted by molar-refractivity contribution is 5.93. The first-order valence-electron chi connectivity index (χ1n) is 10.0. The second-order valence-corrected chi connectivity index (χ2v) is 7.47. The molecule has 1 atom stereocenters. The van der Waals surface area contributed by atoms with Crippen molar-refractivity contribution in [3.8, 4) is 17.0 Å². The third-order valence-electron chi connectivity index (χ3n) is 5.05. The maximum atomic E-state index is 13.0. The number of nitro benzene ring substituents is 1. The van der Waals surface area contributed by atoms with Crippen molar-refractivity contribution in [1.29, 1.82) is 0 Å². The first kappa shape index (κ1) is 21.2. The molecule has 0 saturated heterocycles. The second kappa shape index (κ2) is 8.99. The Kier molecular flexibility index (Phi) is 5.96. The van der Waals surface area contributed by atoms with Crippen LogP contribution in [0.1, 0.15) is 5.56 Å². The molecule has 3 aromatic carbocycles. The number of aromatic nitrogens is 2. The molecule has 0 fully saturated rings. The number of nitro groups is 1. The Bertz CT molecular complexity index is 1330. The van der Waals surface area contributed by atoms with Crippen LogP contribution in [0.25, 0.3) is 22.0 Å². The number of ether oxygens (including phenoxy) is 1. The zero-order valence-electron chi connectivity index (χ0n) is 17.3. The minimum absolute atomic E-state index is 0.0859. The monoisotopic (exact) mass is 431 g/mol. The summed E-state index contributed by atoms with van der Waals surface area (Å²) in [5.74, 6) is 0.261. The molecule has 162 valence electrons. The maximum absolute atomic E-state index is 13.0. The number of aryl methyl sites for hydroxylation is 1. The number of aliphatic hydroxyl groups is 1. The molecular weight excluding hydrogens is 410 g/mol. The van der Waals surface area contributed by atoms with Gasteiger partial charge in [-0.15, -0.1) is 0 Å². The molecule has 0 bridgehead atoms. The summed E-state index contributed by atoms with van der Waals surface area (Å²) in [4.78, 5) is 23.3. The van der Waals surface area contributed by atoms with Gasteiger partial charge in [0.1, 0.15) is 18.5 Å². The molecule has 4 aromatic rings. The smallest absolute Gasteiger partial charge is 0.274 e. The van der Waals surface area contributed by atoms with Crippen LogP contribution in [0.15, 0.2) is 77.6 Å². The van der Waals surface area contributed by atoms with Gasteiger partial charge in [0.05, 0.1) is 28.6 Å². The average molecular weight is 431 g/mol. The van der Waals surface area contributed by atoms with Crippen LogP contribution in [0.4, 0.5) is 5.69 Å². The lowest BCUT2D eigenvalue weighted by Gasteiger charge is -2.15. The molecule has 8 heteroatoms. The molecule has 1 aromatic heterocycles. The highest BCUT2D eigenvalue weighted by atomic mass is 16.6. The molecule has 0 unspecified atom stereocenters. The summed E-state index contributed by atoms with van der Waals surface area (Å²) in [6.45, 7) is 1.76. The van der Waals surface area contributed by atoms with E-state index in [1.54, 1.807) is 18.2 Å². The van der Waals surface area contributed by atoms with E-state index in [0.717, 1.165) is 16.5 Å². The largest absolute Gasteiger partial charge is 0.491 e. The molecule has 0 amide bonds. The van der Waals surface area contributed by atoms with Crippen molar-refractivity contribution in [1.82, 2.24) is 9.78 Å². The molecule has 1 N–H and O–H groups in total. The topological polar surface area (TPSA) is 107 Å². The van der Waals surface area contributed by atoms with Crippen molar-refractivity contribution >= 4 is 16.5 Å². The van der Waals surface area contributed by atoms with Crippen LogP contribution in [-0.2, 0) is 6.54 Å². The van der Waals surface area contributed by atoms with Crippen LogP contribution in [0.5, 0.6) is 5.75 Å². The number of fused-ring (bicyclic) bond motifs is 1. The zero-order valence-corrected chi connectivity index (χ0v) is 17.3. The van der Waals surface area contributed by atoms with Crippen molar-refractivity contribution in [3.05, 3.63) is 98.8 Å². The molecule has 0 radical (unpaired) electrons. The van der Waals surface area contributed by atoms with Gasteiger partial charge in [-0.1, -0.05) is 54.1 Å². The molecular formula is C24H21N3O5. The van der Waals surface area contributed by atoms with E-state index < -0.39 is 11.0 Å². The summed E-state index contributed by atoms with van der Waals surface area (Å²) in [6, 6.07) is 20.8. The molecule has 1 heterocycles. The minimum atomic E-state index is -1.05. The quantitative estimate of drug-likeness (QED) is 0.353. The summed E-state index contributed by atoms with van der Waals surface area (Å²) in [5.41, 5.74) is 2.20. The van der Waals surface area contributed by atoms with E-state index >= 15 is 0 Å². The second-order valence-electron chi connectivity index (χ2n) is 7.47. The highest BCUT2D eigenvalue weighted by Crippen LogP contribution is 2.25. The normalized spacial score (nSPS) is 11.9. The number of benzene rings is 3. The molecule has 0 aliphatic heterocycles. The average Bonchev–Trinajstić information content (AvgIpc) is 2.80. The molecule has 0 saturated carbocycles. The molecule has 4 rings (SSSR count). The van der Waals surface area contributed by atoms with Crippen LogP contribution in [0.2, 0.25) is 0 Å². The Balaban J connectivity index is 1.60. The van der Waals surface area contributed by atoms with Crippen molar-refractivity contribution in [2.75, 3.05) is 6.61 Å². The van der Waals surface area contributed by atoms with Gasteiger partial charge in [-0.25, -0.2) is 4.68 Å². The lowest BCUT2D eigenvalue weighted by Crippen LogP contribution is -2.32. The van der Waals surface area contributed by atoms with Gasteiger partial charge in [-0.2, -0.15) is 5.10 Å².